The van der Waals surface area contributed by atoms with Crippen molar-refractivity contribution in [3.05, 3.63) is 0 Å². The van der Waals surface area contributed by atoms with Crippen LogP contribution in [0.15, 0.2) is 0 Å². The second-order valence-corrected chi connectivity index (χ2v) is 2.68. The fourth-order valence-corrected chi connectivity index (χ4v) is 1.30. The SMILES string of the molecule is CC.CC.CC1CC(C)C1. The second-order valence-electron chi connectivity index (χ2n) is 2.68. The van der Waals surface area contributed by atoms with Crippen LogP contribution in [0.2, 0.25) is 0 Å². The van der Waals surface area contributed by atoms with Gasteiger partial charge in [-0.25, -0.2) is 0 Å². The van der Waals surface area contributed by atoms with E-state index >= 15 is 0 Å². The van der Waals surface area contributed by atoms with Crippen LogP contribution in [0.3, 0.4) is 0 Å². The van der Waals surface area contributed by atoms with Crippen LogP contribution < -0.4 is 0 Å². The summed E-state index contributed by atoms with van der Waals surface area (Å²) in [6, 6.07) is 0. The molecule has 1 fully saturated rings. The summed E-state index contributed by atoms with van der Waals surface area (Å²) in [6.07, 6.45) is 2.94. The zero-order chi connectivity index (χ0) is 8.57. The molecule has 1 aliphatic carbocycles. The molecule has 0 amide bonds. The quantitative estimate of drug-likeness (QED) is 0.480. The van der Waals surface area contributed by atoms with Gasteiger partial charge in [-0.1, -0.05) is 41.5 Å². The Bertz CT molecular complexity index is 36.0. The lowest BCUT2D eigenvalue weighted by molar-refractivity contribution is 0.233. The summed E-state index contributed by atoms with van der Waals surface area (Å²) in [6.45, 7) is 12.6. The smallest absolute Gasteiger partial charge is 0.0438 e. The van der Waals surface area contributed by atoms with Crippen LogP contribution in [0.5, 0.6) is 0 Å². The highest BCUT2D eigenvalue weighted by molar-refractivity contribution is 4.71. The first-order valence-corrected chi connectivity index (χ1v) is 4.79. The Balaban J connectivity index is 0. The van der Waals surface area contributed by atoms with Crippen molar-refractivity contribution in [2.24, 2.45) is 11.8 Å². The van der Waals surface area contributed by atoms with Crippen molar-refractivity contribution in [3.8, 4) is 0 Å². The maximum absolute atomic E-state index is 2.32. The van der Waals surface area contributed by atoms with Crippen LogP contribution in [-0.2, 0) is 0 Å². The van der Waals surface area contributed by atoms with Gasteiger partial charge in [-0.2, -0.15) is 0 Å². The van der Waals surface area contributed by atoms with Crippen LogP contribution in [0.1, 0.15) is 54.4 Å². The van der Waals surface area contributed by atoms with Crippen LogP contribution >= 0.6 is 0 Å². The minimum atomic E-state index is 1.04. The highest BCUT2D eigenvalue weighted by Gasteiger charge is 2.19. The molecule has 0 heteroatoms. The Kier molecular flexibility index (Phi) is 11.4. The topological polar surface area (TPSA) is 0 Å². The molecule has 0 spiro atoms. The minimum absolute atomic E-state index is 1.04. The summed E-state index contributed by atoms with van der Waals surface area (Å²) < 4.78 is 0. The Labute approximate surface area is 67.0 Å². The fourth-order valence-electron chi connectivity index (χ4n) is 1.30. The summed E-state index contributed by atoms with van der Waals surface area (Å²) in [7, 11) is 0. The van der Waals surface area contributed by atoms with Gasteiger partial charge in [-0.3, -0.25) is 0 Å². The molecule has 0 heterocycles. The number of hydrogen-bond donors (Lipinski definition) is 0. The molecule has 0 aromatic rings. The fraction of sp³-hybridized carbons (Fsp3) is 1.00. The van der Waals surface area contributed by atoms with Gasteiger partial charge < -0.3 is 0 Å². The molecule has 0 aromatic heterocycles. The van der Waals surface area contributed by atoms with E-state index in [-0.39, 0.29) is 0 Å². The lowest BCUT2D eigenvalue weighted by atomic mass is 9.78. The Morgan fingerprint density at radius 2 is 0.900 bits per heavy atom. The van der Waals surface area contributed by atoms with Crippen molar-refractivity contribution >= 4 is 0 Å². The molecule has 0 N–H and O–H groups in total. The van der Waals surface area contributed by atoms with Gasteiger partial charge in [0.05, 0.1) is 0 Å². The van der Waals surface area contributed by atoms with Gasteiger partial charge in [0.2, 0.25) is 0 Å². The van der Waals surface area contributed by atoms with E-state index in [0.29, 0.717) is 0 Å². The summed E-state index contributed by atoms with van der Waals surface area (Å²) >= 11 is 0. The van der Waals surface area contributed by atoms with Crippen molar-refractivity contribution in [2.45, 2.75) is 54.4 Å². The molecule has 0 radical (unpaired) electrons. The second kappa shape index (κ2) is 9.00. The summed E-state index contributed by atoms with van der Waals surface area (Å²) in [5, 5.41) is 0. The lowest BCUT2D eigenvalue weighted by Crippen LogP contribution is -2.16. The molecule has 0 aliphatic heterocycles. The first-order chi connectivity index (χ1) is 4.79. The van der Waals surface area contributed by atoms with Gasteiger partial charge in [0.1, 0.15) is 0 Å². The molecule has 0 atom stereocenters. The van der Waals surface area contributed by atoms with Crippen LogP contribution in [0, 0.1) is 11.8 Å². The molecule has 64 valence electrons. The van der Waals surface area contributed by atoms with E-state index < -0.39 is 0 Å². The van der Waals surface area contributed by atoms with E-state index in [2.05, 4.69) is 13.8 Å². The van der Waals surface area contributed by atoms with Crippen molar-refractivity contribution in [1.29, 1.82) is 0 Å². The van der Waals surface area contributed by atoms with E-state index in [1.54, 1.807) is 0 Å². The minimum Gasteiger partial charge on any atom is -0.0683 e. The highest BCUT2D eigenvalue weighted by atomic mass is 14.2. The molecular formula is C10H24. The average molecular weight is 144 g/mol. The molecule has 0 bridgehead atoms. The monoisotopic (exact) mass is 144 g/mol. The van der Waals surface area contributed by atoms with Gasteiger partial charge in [0.15, 0.2) is 0 Å². The van der Waals surface area contributed by atoms with Crippen LogP contribution in [0.4, 0.5) is 0 Å². The molecule has 1 aliphatic rings. The maximum atomic E-state index is 2.32. The van der Waals surface area contributed by atoms with E-state index in [0.717, 1.165) is 11.8 Å². The predicted octanol–water partition coefficient (Wildman–Crippen LogP) is 4.10. The molecule has 0 unspecified atom stereocenters. The zero-order valence-corrected chi connectivity index (χ0v) is 8.57. The lowest BCUT2D eigenvalue weighted by Gasteiger charge is -2.28. The molecular weight excluding hydrogens is 120 g/mol. The van der Waals surface area contributed by atoms with Crippen LogP contribution in [0.25, 0.3) is 0 Å². The molecule has 0 aromatic carbocycles. The Hall–Kier alpha value is 0. The number of hydrogen-bond acceptors (Lipinski definition) is 0. The molecule has 1 saturated carbocycles. The third-order valence-corrected chi connectivity index (χ3v) is 1.61. The van der Waals surface area contributed by atoms with Gasteiger partial charge in [0, 0.05) is 0 Å². The van der Waals surface area contributed by atoms with E-state index in [1.165, 1.54) is 12.8 Å². The standard InChI is InChI=1S/C6H12.2C2H6/c1-5-3-6(2)4-5;2*1-2/h5-6H,3-4H2,1-2H3;2*1-2H3. The molecule has 10 heavy (non-hydrogen) atoms. The first kappa shape index (κ1) is 12.7. The summed E-state index contributed by atoms with van der Waals surface area (Å²) in [5.74, 6) is 2.08. The normalized spacial score (nSPS) is 28.2. The Morgan fingerprint density at radius 3 is 0.900 bits per heavy atom. The molecule has 0 saturated heterocycles. The van der Waals surface area contributed by atoms with Crippen molar-refractivity contribution in [3.63, 3.8) is 0 Å². The number of rotatable bonds is 0. The van der Waals surface area contributed by atoms with E-state index in [4.69, 9.17) is 0 Å². The van der Waals surface area contributed by atoms with E-state index in [1.807, 2.05) is 27.7 Å². The molecule has 0 nitrogen and oxygen atoms in total. The first-order valence-electron chi connectivity index (χ1n) is 4.79. The van der Waals surface area contributed by atoms with Crippen molar-refractivity contribution in [1.82, 2.24) is 0 Å². The van der Waals surface area contributed by atoms with E-state index in [9.17, 15) is 0 Å². The highest BCUT2D eigenvalue weighted by Crippen LogP contribution is 2.31. The maximum Gasteiger partial charge on any atom is -0.0438 e. The molecule has 1 rings (SSSR count). The predicted molar refractivity (Wildman–Crippen MR) is 50.3 cm³/mol. The van der Waals surface area contributed by atoms with Gasteiger partial charge in [-0.05, 0) is 24.7 Å². The largest absolute Gasteiger partial charge is 0.0683 e. The summed E-state index contributed by atoms with van der Waals surface area (Å²) in [5.41, 5.74) is 0. The van der Waals surface area contributed by atoms with Gasteiger partial charge >= 0.3 is 0 Å². The third kappa shape index (κ3) is 6.12. The summed E-state index contributed by atoms with van der Waals surface area (Å²) in [4.78, 5) is 0. The van der Waals surface area contributed by atoms with Crippen molar-refractivity contribution in [2.75, 3.05) is 0 Å². The Morgan fingerprint density at radius 1 is 0.700 bits per heavy atom. The van der Waals surface area contributed by atoms with Gasteiger partial charge in [0.25, 0.3) is 0 Å². The average Bonchev–Trinajstić information content (AvgIpc) is 1.95. The third-order valence-electron chi connectivity index (χ3n) is 1.61. The van der Waals surface area contributed by atoms with Crippen molar-refractivity contribution < 1.29 is 0 Å². The van der Waals surface area contributed by atoms with Crippen LogP contribution in [-0.4, -0.2) is 0 Å². The van der Waals surface area contributed by atoms with Gasteiger partial charge in [-0.15, -0.1) is 0 Å². The zero-order valence-electron chi connectivity index (χ0n) is 8.57.